The van der Waals surface area contributed by atoms with Gasteiger partial charge in [-0.25, -0.2) is 0 Å². The minimum absolute atomic E-state index is 0.00290. The number of Topliss-reactive ketones (excluding diaryl/α,β-unsaturated/α-hetero) is 1. The van der Waals surface area contributed by atoms with Crippen LogP contribution in [0.25, 0.3) is 0 Å². The molecule has 16 heavy (non-hydrogen) atoms. The first-order chi connectivity index (χ1) is 7.54. The van der Waals surface area contributed by atoms with Crippen molar-refractivity contribution in [3.05, 3.63) is 29.8 Å². The van der Waals surface area contributed by atoms with Gasteiger partial charge >= 0.3 is 0 Å². The van der Waals surface area contributed by atoms with Gasteiger partial charge in [0.05, 0.1) is 6.04 Å². The second-order valence-corrected chi connectivity index (χ2v) is 3.64. The smallest absolute Gasteiger partial charge is 0.241 e. The van der Waals surface area contributed by atoms with E-state index >= 15 is 0 Å². The van der Waals surface area contributed by atoms with Gasteiger partial charge in [0, 0.05) is 11.3 Å². The number of amides is 1. The number of nitrogens with two attached hydrogens (primary N) is 1. The van der Waals surface area contributed by atoms with E-state index in [4.69, 9.17) is 5.73 Å². The molecule has 4 nitrogen and oxygen atoms in total. The molecule has 4 heteroatoms. The van der Waals surface area contributed by atoms with Crippen LogP contribution in [0.4, 0.5) is 5.69 Å². The normalized spacial score (nSPS) is 11.9. The molecule has 1 aromatic carbocycles. The first-order valence-electron chi connectivity index (χ1n) is 5.22. The number of ketones is 1. The summed E-state index contributed by atoms with van der Waals surface area (Å²) in [4.78, 5) is 22.5. The number of anilines is 1. The van der Waals surface area contributed by atoms with Gasteiger partial charge in [0.2, 0.25) is 5.91 Å². The Morgan fingerprint density at radius 2 is 1.88 bits per heavy atom. The van der Waals surface area contributed by atoms with Gasteiger partial charge in [0.1, 0.15) is 0 Å². The zero-order valence-corrected chi connectivity index (χ0v) is 9.49. The molecule has 86 valence electrons. The monoisotopic (exact) mass is 220 g/mol. The van der Waals surface area contributed by atoms with E-state index in [0.717, 1.165) is 0 Å². The maximum absolute atomic E-state index is 11.5. The molecule has 0 aliphatic rings. The van der Waals surface area contributed by atoms with Crippen LogP contribution in [-0.4, -0.2) is 17.7 Å². The second-order valence-electron chi connectivity index (χ2n) is 3.64. The van der Waals surface area contributed by atoms with Gasteiger partial charge in [-0.3, -0.25) is 9.59 Å². The van der Waals surface area contributed by atoms with E-state index in [1.165, 1.54) is 6.92 Å². The Labute approximate surface area is 94.8 Å². The Balaban J connectivity index is 2.69. The van der Waals surface area contributed by atoms with Gasteiger partial charge in [0.15, 0.2) is 5.78 Å². The van der Waals surface area contributed by atoms with Crippen molar-refractivity contribution >= 4 is 17.4 Å². The molecule has 0 saturated carbocycles. The second kappa shape index (κ2) is 5.42. The number of hydrogen-bond donors (Lipinski definition) is 2. The van der Waals surface area contributed by atoms with Crippen LogP contribution in [0.3, 0.4) is 0 Å². The number of nitrogens with one attached hydrogen (secondary N) is 1. The summed E-state index contributed by atoms with van der Waals surface area (Å²) < 4.78 is 0. The highest BCUT2D eigenvalue weighted by molar-refractivity contribution is 5.96. The molecule has 3 N–H and O–H groups in total. The first-order valence-corrected chi connectivity index (χ1v) is 5.22. The number of benzene rings is 1. The van der Waals surface area contributed by atoms with Crippen LogP contribution in [-0.2, 0) is 4.79 Å². The van der Waals surface area contributed by atoms with Crippen LogP contribution in [0.1, 0.15) is 30.6 Å². The highest BCUT2D eigenvalue weighted by atomic mass is 16.2. The predicted molar refractivity (Wildman–Crippen MR) is 63.3 cm³/mol. The third kappa shape index (κ3) is 3.17. The lowest BCUT2D eigenvalue weighted by atomic mass is 10.1. The Morgan fingerprint density at radius 3 is 2.31 bits per heavy atom. The Hall–Kier alpha value is -1.68. The van der Waals surface area contributed by atoms with Crippen molar-refractivity contribution in [1.82, 2.24) is 0 Å². The highest BCUT2D eigenvalue weighted by Gasteiger charge is 2.10. The third-order valence-corrected chi connectivity index (χ3v) is 2.34. The van der Waals surface area contributed by atoms with Crippen LogP contribution in [0.15, 0.2) is 24.3 Å². The Kier molecular flexibility index (Phi) is 4.19. The minimum Gasteiger partial charge on any atom is -0.325 e. The van der Waals surface area contributed by atoms with Gasteiger partial charge in [-0.2, -0.15) is 0 Å². The summed E-state index contributed by atoms with van der Waals surface area (Å²) in [5.74, 6) is -0.207. The van der Waals surface area contributed by atoms with E-state index in [9.17, 15) is 9.59 Å². The summed E-state index contributed by atoms with van der Waals surface area (Å²) in [7, 11) is 0. The number of carbonyl (C=O) groups is 2. The zero-order valence-electron chi connectivity index (χ0n) is 9.49. The fourth-order valence-corrected chi connectivity index (χ4v) is 1.21. The molecule has 1 rings (SSSR count). The summed E-state index contributed by atoms with van der Waals surface area (Å²) in [5.41, 5.74) is 6.85. The van der Waals surface area contributed by atoms with E-state index in [-0.39, 0.29) is 11.7 Å². The summed E-state index contributed by atoms with van der Waals surface area (Å²) in [6.45, 7) is 3.35. The first kappa shape index (κ1) is 12.4. The molecule has 0 aliphatic carbocycles. The summed E-state index contributed by atoms with van der Waals surface area (Å²) in [6, 6.07) is 6.24. The maximum Gasteiger partial charge on any atom is 0.241 e. The molecular formula is C12H16N2O2. The maximum atomic E-state index is 11.5. The molecule has 0 heterocycles. The van der Waals surface area contributed by atoms with Crippen LogP contribution in [0, 0.1) is 0 Å². The lowest BCUT2D eigenvalue weighted by molar-refractivity contribution is -0.117. The average molecular weight is 220 g/mol. The van der Waals surface area contributed by atoms with Crippen LogP contribution in [0.5, 0.6) is 0 Å². The van der Waals surface area contributed by atoms with Crippen LogP contribution in [0.2, 0.25) is 0 Å². The average Bonchev–Trinajstić information content (AvgIpc) is 2.28. The standard InChI is InChI=1S/C12H16N2O2/c1-3-11(13)12(16)14-10-6-4-9(5-7-10)8(2)15/h4-7,11H,3,13H2,1-2H3,(H,14,16)/t11-/m0/s1. The van der Waals surface area contributed by atoms with E-state index in [0.29, 0.717) is 17.7 Å². The Bertz CT molecular complexity index is 385. The van der Waals surface area contributed by atoms with Crippen molar-refractivity contribution in [3.8, 4) is 0 Å². The lowest BCUT2D eigenvalue weighted by Crippen LogP contribution is -2.34. The van der Waals surface area contributed by atoms with E-state index < -0.39 is 6.04 Å². The summed E-state index contributed by atoms with van der Waals surface area (Å²) in [6.07, 6.45) is 0.595. The quantitative estimate of drug-likeness (QED) is 0.756. The molecule has 0 radical (unpaired) electrons. The summed E-state index contributed by atoms with van der Waals surface area (Å²) in [5, 5.41) is 2.68. The number of rotatable bonds is 4. The van der Waals surface area contributed by atoms with Crippen molar-refractivity contribution in [2.75, 3.05) is 5.32 Å². The van der Waals surface area contributed by atoms with Gasteiger partial charge in [-0.1, -0.05) is 6.92 Å². The summed E-state index contributed by atoms with van der Waals surface area (Å²) >= 11 is 0. The molecule has 0 bridgehead atoms. The van der Waals surface area contributed by atoms with Gasteiger partial charge in [0.25, 0.3) is 0 Å². The fourth-order valence-electron chi connectivity index (χ4n) is 1.21. The molecule has 0 spiro atoms. The van der Waals surface area contributed by atoms with Crippen molar-refractivity contribution in [1.29, 1.82) is 0 Å². The molecular weight excluding hydrogens is 204 g/mol. The highest BCUT2D eigenvalue weighted by Crippen LogP contribution is 2.10. The molecule has 0 aliphatic heterocycles. The molecule has 0 aromatic heterocycles. The van der Waals surface area contributed by atoms with Crippen molar-refractivity contribution in [2.45, 2.75) is 26.3 Å². The SMILES string of the molecule is CC[C@H](N)C(=O)Nc1ccc(C(C)=O)cc1. The Morgan fingerprint density at radius 1 is 1.31 bits per heavy atom. The van der Waals surface area contributed by atoms with Gasteiger partial charge < -0.3 is 11.1 Å². The van der Waals surface area contributed by atoms with E-state index in [1.54, 1.807) is 24.3 Å². The van der Waals surface area contributed by atoms with Gasteiger partial charge in [-0.05, 0) is 37.6 Å². The third-order valence-electron chi connectivity index (χ3n) is 2.34. The topological polar surface area (TPSA) is 72.2 Å². The fraction of sp³-hybridized carbons (Fsp3) is 0.333. The van der Waals surface area contributed by atoms with Gasteiger partial charge in [-0.15, -0.1) is 0 Å². The number of carbonyl (C=O) groups excluding carboxylic acids is 2. The van der Waals surface area contributed by atoms with Crippen molar-refractivity contribution < 1.29 is 9.59 Å². The zero-order chi connectivity index (χ0) is 12.1. The van der Waals surface area contributed by atoms with Crippen molar-refractivity contribution in [2.24, 2.45) is 5.73 Å². The molecule has 1 atom stereocenters. The van der Waals surface area contributed by atoms with Crippen LogP contribution >= 0.6 is 0 Å². The largest absolute Gasteiger partial charge is 0.325 e. The number of hydrogen-bond acceptors (Lipinski definition) is 3. The molecule has 1 amide bonds. The van der Waals surface area contributed by atoms with E-state index in [2.05, 4.69) is 5.32 Å². The molecule has 1 aromatic rings. The minimum atomic E-state index is -0.493. The molecule has 0 fully saturated rings. The molecule has 0 unspecified atom stereocenters. The van der Waals surface area contributed by atoms with E-state index in [1.807, 2.05) is 6.92 Å². The predicted octanol–water partition coefficient (Wildman–Crippen LogP) is 1.56. The molecule has 0 saturated heterocycles. The van der Waals surface area contributed by atoms with Crippen LogP contribution < -0.4 is 11.1 Å². The van der Waals surface area contributed by atoms with Crippen molar-refractivity contribution in [3.63, 3.8) is 0 Å². The lowest BCUT2D eigenvalue weighted by Gasteiger charge is -2.10.